The monoisotopic (exact) mass is 267 g/mol. The first-order valence-electron chi connectivity index (χ1n) is 5.48. The highest BCUT2D eigenvalue weighted by atomic mass is 19.4. The van der Waals surface area contributed by atoms with Crippen LogP contribution < -0.4 is 0 Å². The topological polar surface area (TPSA) is 66.8 Å². The van der Waals surface area contributed by atoms with Crippen LogP contribution in [0.5, 0.6) is 0 Å². The molecular formula is C10H12F3NO4. The minimum Gasteiger partial charge on any atom is -0.481 e. The summed E-state index contributed by atoms with van der Waals surface area (Å²) in [6, 6.07) is -1.03. The van der Waals surface area contributed by atoms with Crippen molar-refractivity contribution in [1.82, 2.24) is 4.90 Å². The predicted molar refractivity (Wildman–Crippen MR) is 51.7 cm³/mol. The Balaban J connectivity index is 2.29. The minimum atomic E-state index is -4.98. The predicted octanol–water partition coefficient (Wildman–Crippen LogP) is 0.641. The number of aliphatic carboxylic acids is 1. The van der Waals surface area contributed by atoms with E-state index in [2.05, 4.69) is 0 Å². The third-order valence-electron chi connectivity index (χ3n) is 3.60. The molecule has 2 heterocycles. The molecule has 0 aromatic heterocycles. The van der Waals surface area contributed by atoms with Gasteiger partial charge in [-0.25, -0.2) is 0 Å². The lowest BCUT2D eigenvalue weighted by Gasteiger charge is -2.42. The number of hydrogen-bond acceptors (Lipinski definition) is 3. The van der Waals surface area contributed by atoms with Crippen LogP contribution in [-0.2, 0) is 14.3 Å². The van der Waals surface area contributed by atoms with E-state index in [1.807, 2.05) is 0 Å². The normalized spacial score (nSPS) is 32.2. The molecule has 0 saturated carbocycles. The van der Waals surface area contributed by atoms with E-state index in [1.165, 1.54) is 0 Å². The molecule has 1 amide bonds. The number of piperidine rings is 1. The molecule has 0 unspecified atom stereocenters. The van der Waals surface area contributed by atoms with Crippen molar-refractivity contribution < 1.29 is 32.6 Å². The van der Waals surface area contributed by atoms with E-state index in [0.717, 1.165) is 0 Å². The second-order valence-corrected chi connectivity index (χ2v) is 4.59. The first kappa shape index (κ1) is 13.1. The van der Waals surface area contributed by atoms with Crippen LogP contribution in [0, 0.1) is 5.41 Å². The van der Waals surface area contributed by atoms with Crippen LogP contribution in [-0.4, -0.2) is 53.9 Å². The van der Waals surface area contributed by atoms with Gasteiger partial charge in [0.15, 0.2) is 0 Å². The summed E-state index contributed by atoms with van der Waals surface area (Å²) >= 11 is 0. The molecule has 2 aliphatic rings. The molecule has 0 radical (unpaired) electrons. The molecule has 1 N–H and O–H groups in total. The zero-order chi connectivity index (χ0) is 13.6. The summed E-state index contributed by atoms with van der Waals surface area (Å²) in [5, 5.41) is 9.20. The van der Waals surface area contributed by atoms with Crippen LogP contribution in [0.1, 0.15) is 12.8 Å². The average molecular weight is 267 g/mol. The number of rotatable bonds is 1. The maximum absolute atomic E-state index is 12.4. The Morgan fingerprint density at radius 1 is 1.39 bits per heavy atom. The van der Waals surface area contributed by atoms with Gasteiger partial charge in [0.2, 0.25) is 0 Å². The van der Waals surface area contributed by atoms with E-state index in [9.17, 15) is 27.9 Å². The van der Waals surface area contributed by atoms with Gasteiger partial charge in [-0.3, -0.25) is 9.59 Å². The number of halogens is 3. The number of hydrogen-bond donors (Lipinski definition) is 1. The first-order chi connectivity index (χ1) is 8.29. The highest BCUT2D eigenvalue weighted by molar-refractivity contribution is 5.84. The Hall–Kier alpha value is -1.31. The fourth-order valence-electron chi connectivity index (χ4n) is 2.67. The molecule has 2 saturated heterocycles. The maximum atomic E-state index is 12.4. The van der Waals surface area contributed by atoms with Gasteiger partial charge in [0.1, 0.15) is 5.41 Å². The zero-order valence-corrected chi connectivity index (χ0v) is 9.37. The Bertz CT molecular complexity index is 384. The van der Waals surface area contributed by atoms with Gasteiger partial charge in [-0.05, 0) is 12.8 Å². The Morgan fingerprint density at radius 3 is 2.61 bits per heavy atom. The average Bonchev–Trinajstić information content (AvgIpc) is 2.71. The van der Waals surface area contributed by atoms with E-state index in [-0.39, 0.29) is 32.6 Å². The van der Waals surface area contributed by atoms with Crippen molar-refractivity contribution in [3.63, 3.8) is 0 Å². The Morgan fingerprint density at radius 2 is 2.06 bits per heavy atom. The van der Waals surface area contributed by atoms with Gasteiger partial charge >= 0.3 is 18.1 Å². The van der Waals surface area contributed by atoms with E-state index in [0.29, 0.717) is 4.90 Å². The Kier molecular flexibility index (Phi) is 3.00. The molecule has 0 spiro atoms. The lowest BCUT2D eigenvalue weighted by molar-refractivity contribution is -0.193. The number of fused-ring (bicyclic) bond motifs is 1. The quantitative estimate of drug-likeness (QED) is 0.757. The number of likely N-dealkylation sites (tertiary alicyclic amines) is 1. The fraction of sp³-hybridized carbons (Fsp3) is 0.800. The molecule has 2 aliphatic heterocycles. The Labute approximate surface area is 100 Å². The van der Waals surface area contributed by atoms with E-state index >= 15 is 0 Å². The van der Waals surface area contributed by atoms with Crippen LogP contribution in [0.15, 0.2) is 0 Å². The number of carbonyl (C=O) groups excluding carboxylic acids is 1. The van der Waals surface area contributed by atoms with Crippen LogP contribution in [0.25, 0.3) is 0 Å². The lowest BCUT2D eigenvalue weighted by Crippen LogP contribution is -2.59. The molecule has 2 atom stereocenters. The van der Waals surface area contributed by atoms with E-state index < -0.39 is 29.5 Å². The molecule has 8 heteroatoms. The first-order valence-corrected chi connectivity index (χ1v) is 5.48. The van der Waals surface area contributed by atoms with Crippen molar-refractivity contribution in [2.45, 2.75) is 25.1 Å². The summed E-state index contributed by atoms with van der Waals surface area (Å²) in [5.74, 6) is -3.19. The van der Waals surface area contributed by atoms with Crippen molar-refractivity contribution in [2.75, 3.05) is 19.8 Å². The fourth-order valence-corrected chi connectivity index (χ4v) is 2.67. The highest BCUT2D eigenvalue weighted by Crippen LogP contribution is 2.42. The summed E-state index contributed by atoms with van der Waals surface area (Å²) in [6.07, 6.45) is -4.52. The lowest BCUT2D eigenvalue weighted by atomic mass is 9.75. The minimum absolute atomic E-state index is 0.0819. The van der Waals surface area contributed by atoms with Gasteiger partial charge in [0.25, 0.3) is 0 Å². The number of amides is 1. The summed E-state index contributed by atoms with van der Waals surface area (Å²) in [6.45, 7) is -0.385. The molecule has 102 valence electrons. The molecule has 0 bridgehead atoms. The van der Waals surface area contributed by atoms with Gasteiger partial charge in [0.05, 0.1) is 19.3 Å². The number of alkyl halides is 3. The van der Waals surface area contributed by atoms with Crippen LogP contribution in [0.4, 0.5) is 13.2 Å². The van der Waals surface area contributed by atoms with Crippen LogP contribution in [0.2, 0.25) is 0 Å². The maximum Gasteiger partial charge on any atom is 0.471 e. The van der Waals surface area contributed by atoms with Gasteiger partial charge < -0.3 is 14.7 Å². The molecule has 2 rings (SSSR count). The molecule has 5 nitrogen and oxygen atoms in total. The van der Waals surface area contributed by atoms with Gasteiger partial charge in [-0.2, -0.15) is 13.2 Å². The van der Waals surface area contributed by atoms with Gasteiger partial charge in [-0.1, -0.05) is 0 Å². The third kappa shape index (κ3) is 1.84. The van der Waals surface area contributed by atoms with Crippen molar-refractivity contribution in [2.24, 2.45) is 5.41 Å². The summed E-state index contributed by atoms with van der Waals surface area (Å²) in [4.78, 5) is 23.2. The number of nitrogens with zero attached hydrogens (tertiary/aromatic N) is 1. The van der Waals surface area contributed by atoms with Crippen LogP contribution in [0.3, 0.4) is 0 Å². The van der Waals surface area contributed by atoms with Crippen molar-refractivity contribution in [1.29, 1.82) is 0 Å². The van der Waals surface area contributed by atoms with Crippen LogP contribution >= 0.6 is 0 Å². The van der Waals surface area contributed by atoms with E-state index in [4.69, 9.17) is 4.74 Å². The molecule has 2 fully saturated rings. The molecule has 0 aromatic carbocycles. The second kappa shape index (κ2) is 4.11. The molecular weight excluding hydrogens is 255 g/mol. The van der Waals surface area contributed by atoms with Gasteiger partial charge in [-0.15, -0.1) is 0 Å². The SMILES string of the molecule is O=C(N1CCC[C@@]2(C(=O)O)COC[C@@H]12)C(F)(F)F. The molecule has 0 aromatic rings. The summed E-state index contributed by atoms with van der Waals surface area (Å²) < 4.78 is 42.3. The molecule has 18 heavy (non-hydrogen) atoms. The number of carboxylic acid groups (broad SMARTS) is 1. The third-order valence-corrected chi connectivity index (χ3v) is 3.60. The number of carbonyl (C=O) groups is 2. The van der Waals surface area contributed by atoms with Crippen molar-refractivity contribution in [3.05, 3.63) is 0 Å². The summed E-state index contributed by atoms with van der Waals surface area (Å²) in [7, 11) is 0. The van der Waals surface area contributed by atoms with E-state index in [1.54, 1.807) is 0 Å². The highest BCUT2D eigenvalue weighted by Gasteiger charge is 2.58. The smallest absolute Gasteiger partial charge is 0.471 e. The zero-order valence-electron chi connectivity index (χ0n) is 9.37. The largest absolute Gasteiger partial charge is 0.481 e. The summed E-state index contributed by atoms with van der Waals surface area (Å²) in [5.41, 5.74) is -1.39. The van der Waals surface area contributed by atoms with Crippen molar-refractivity contribution >= 4 is 11.9 Å². The number of carboxylic acids is 1. The van der Waals surface area contributed by atoms with Crippen molar-refractivity contribution in [3.8, 4) is 0 Å². The number of ether oxygens (including phenoxy) is 1. The molecule has 0 aliphatic carbocycles. The standard InChI is InChI=1S/C10H12F3NO4/c11-10(12,13)7(15)14-3-1-2-9(8(16)17)5-18-4-6(9)14/h6H,1-5H2,(H,16,17)/t6-,9-/m1/s1. The second-order valence-electron chi connectivity index (χ2n) is 4.59. The van der Waals surface area contributed by atoms with Gasteiger partial charge in [0, 0.05) is 6.54 Å².